The van der Waals surface area contributed by atoms with Crippen molar-refractivity contribution in [3.63, 3.8) is 0 Å². The van der Waals surface area contributed by atoms with Crippen LogP contribution in [0.25, 0.3) is 10.8 Å². The Labute approximate surface area is 147 Å². The van der Waals surface area contributed by atoms with Crippen molar-refractivity contribution in [2.24, 2.45) is 5.92 Å². The van der Waals surface area contributed by atoms with Gasteiger partial charge in [-0.2, -0.15) is 0 Å². The third-order valence-electron chi connectivity index (χ3n) is 3.83. The van der Waals surface area contributed by atoms with Crippen LogP contribution in [0.3, 0.4) is 0 Å². The second-order valence-electron chi connectivity index (χ2n) is 6.06. The average Bonchev–Trinajstić information content (AvgIpc) is 2.57. The van der Waals surface area contributed by atoms with Crippen LogP contribution in [-0.4, -0.2) is 30.3 Å². The molecule has 128 valence electrons. The molecular formula is C19H23NO3S. The van der Waals surface area contributed by atoms with Crippen LogP contribution in [0.5, 0.6) is 0 Å². The van der Waals surface area contributed by atoms with Gasteiger partial charge in [-0.25, -0.2) is 0 Å². The summed E-state index contributed by atoms with van der Waals surface area (Å²) in [6.07, 6.45) is 0. The topological polar surface area (TPSA) is 55.4 Å². The zero-order chi connectivity index (χ0) is 17.5. The summed E-state index contributed by atoms with van der Waals surface area (Å²) >= 11 is 1.41. The van der Waals surface area contributed by atoms with Gasteiger partial charge in [0.25, 0.3) is 5.91 Å². The highest BCUT2D eigenvalue weighted by Gasteiger charge is 2.13. The summed E-state index contributed by atoms with van der Waals surface area (Å²) < 4.78 is 5.02. The first-order valence-corrected chi connectivity index (χ1v) is 9.01. The van der Waals surface area contributed by atoms with E-state index in [4.69, 9.17) is 4.74 Å². The van der Waals surface area contributed by atoms with Crippen molar-refractivity contribution in [3.8, 4) is 0 Å². The molecule has 1 atom stereocenters. The maximum Gasteiger partial charge on any atom is 0.316 e. The zero-order valence-electron chi connectivity index (χ0n) is 14.2. The van der Waals surface area contributed by atoms with Gasteiger partial charge < -0.3 is 10.1 Å². The molecule has 2 aromatic carbocycles. The predicted molar refractivity (Wildman–Crippen MR) is 98.1 cm³/mol. The molecule has 0 radical (unpaired) electrons. The van der Waals surface area contributed by atoms with Gasteiger partial charge in [-0.1, -0.05) is 44.2 Å². The lowest BCUT2D eigenvalue weighted by molar-refractivity contribution is -0.146. The van der Waals surface area contributed by atoms with Gasteiger partial charge >= 0.3 is 5.97 Å². The first-order chi connectivity index (χ1) is 11.5. The molecule has 0 unspecified atom stereocenters. The Balaban J connectivity index is 1.77. The third-order valence-corrected chi connectivity index (χ3v) is 4.80. The molecule has 0 bridgehead atoms. The van der Waals surface area contributed by atoms with Crippen LogP contribution < -0.4 is 5.32 Å². The highest BCUT2D eigenvalue weighted by molar-refractivity contribution is 8.00. The molecule has 2 aromatic rings. The monoisotopic (exact) mass is 345 g/mol. The van der Waals surface area contributed by atoms with Crippen LogP contribution in [0.15, 0.2) is 47.4 Å². The maximum absolute atomic E-state index is 11.8. The molecule has 4 nitrogen and oxygen atoms in total. The fourth-order valence-corrected chi connectivity index (χ4v) is 2.79. The summed E-state index contributed by atoms with van der Waals surface area (Å²) in [5, 5.41) is 5.11. The summed E-state index contributed by atoms with van der Waals surface area (Å²) in [6, 6.07) is 14.2. The molecular weight excluding hydrogens is 322 g/mol. The highest BCUT2D eigenvalue weighted by Crippen LogP contribution is 2.23. The van der Waals surface area contributed by atoms with Gasteiger partial charge in [0.2, 0.25) is 0 Å². The van der Waals surface area contributed by atoms with Gasteiger partial charge in [0.1, 0.15) is 0 Å². The highest BCUT2D eigenvalue weighted by atomic mass is 32.2. The molecule has 0 saturated carbocycles. The summed E-state index contributed by atoms with van der Waals surface area (Å²) in [7, 11) is 0. The number of esters is 1. The number of carbonyl (C=O) groups excluding carboxylic acids is 2. The molecule has 0 aliphatic carbocycles. The van der Waals surface area contributed by atoms with Crippen molar-refractivity contribution in [2.75, 3.05) is 12.4 Å². The van der Waals surface area contributed by atoms with Crippen molar-refractivity contribution in [1.82, 2.24) is 5.32 Å². The molecule has 1 amide bonds. The van der Waals surface area contributed by atoms with Gasteiger partial charge in [-0.15, -0.1) is 11.8 Å². The number of hydrogen-bond acceptors (Lipinski definition) is 4. The molecule has 1 N–H and O–H groups in total. The van der Waals surface area contributed by atoms with Crippen molar-refractivity contribution in [2.45, 2.75) is 31.7 Å². The summed E-state index contributed by atoms with van der Waals surface area (Å²) in [5.74, 6) is -0.125. The number of ether oxygens (including phenoxy) is 1. The number of carbonyl (C=O) groups is 2. The largest absolute Gasteiger partial charge is 0.455 e. The first-order valence-electron chi connectivity index (χ1n) is 8.02. The second kappa shape index (κ2) is 8.73. The summed E-state index contributed by atoms with van der Waals surface area (Å²) in [5.41, 5.74) is 0. The van der Waals surface area contributed by atoms with Crippen LogP contribution in [0.1, 0.15) is 20.8 Å². The lowest BCUT2D eigenvalue weighted by Crippen LogP contribution is -2.38. The minimum absolute atomic E-state index is 0.0585. The standard InChI is InChI=1S/C19H23NO3S/c1-13(2)14(3)20-18(21)11-23-19(22)12-24-17-9-8-15-6-4-5-7-16(15)10-17/h4-10,13-14H,11-12H2,1-3H3,(H,20,21)/t14-/m0/s1. The zero-order valence-corrected chi connectivity index (χ0v) is 15.1. The number of hydrogen-bond donors (Lipinski definition) is 1. The van der Waals surface area contributed by atoms with E-state index in [0.29, 0.717) is 5.92 Å². The van der Waals surface area contributed by atoms with Crippen LogP contribution in [0.4, 0.5) is 0 Å². The molecule has 0 aromatic heterocycles. The van der Waals surface area contributed by atoms with E-state index >= 15 is 0 Å². The molecule has 0 saturated heterocycles. The summed E-state index contributed by atoms with van der Waals surface area (Å²) in [4.78, 5) is 24.5. The minimum Gasteiger partial charge on any atom is -0.455 e. The van der Waals surface area contributed by atoms with Crippen molar-refractivity contribution < 1.29 is 14.3 Å². The number of benzene rings is 2. The average molecular weight is 345 g/mol. The Morgan fingerprint density at radius 2 is 1.79 bits per heavy atom. The van der Waals surface area contributed by atoms with Crippen molar-refractivity contribution in [1.29, 1.82) is 0 Å². The van der Waals surface area contributed by atoms with E-state index in [2.05, 4.69) is 11.4 Å². The fourth-order valence-electron chi connectivity index (χ4n) is 2.05. The lowest BCUT2D eigenvalue weighted by Gasteiger charge is -2.17. The minimum atomic E-state index is -0.388. The number of amides is 1. The van der Waals surface area contributed by atoms with Gasteiger partial charge in [0, 0.05) is 10.9 Å². The van der Waals surface area contributed by atoms with Gasteiger partial charge in [0.15, 0.2) is 6.61 Å². The van der Waals surface area contributed by atoms with E-state index < -0.39 is 0 Å². The van der Waals surface area contributed by atoms with Crippen LogP contribution in [0.2, 0.25) is 0 Å². The predicted octanol–water partition coefficient (Wildman–Crippen LogP) is 3.64. The molecule has 0 spiro atoms. The van der Waals surface area contributed by atoms with Crippen LogP contribution >= 0.6 is 11.8 Å². The number of thioether (sulfide) groups is 1. The molecule has 0 fully saturated rings. The molecule has 0 aliphatic heterocycles. The molecule has 0 heterocycles. The number of fused-ring (bicyclic) bond motifs is 1. The van der Waals surface area contributed by atoms with Gasteiger partial charge in [0.05, 0.1) is 5.75 Å². The van der Waals surface area contributed by atoms with E-state index in [1.54, 1.807) is 0 Å². The first kappa shape index (κ1) is 18.3. The normalized spacial score (nSPS) is 12.2. The lowest BCUT2D eigenvalue weighted by atomic mass is 10.1. The molecule has 24 heavy (non-hydrogen) atoms. The smallest absolute Gasteiger partial charge is 0.316 e. The maximum atomic E-state index is 11.8. The second-order valence-corrected chi connectivity index (χ2v) is 7.11. The third kappa shape index (κ3) is 5.57. The SMILES string of the molecule is CC(C)[C@H](C)NC(=O)COC(=O)CSc1ccc2ccccc2c1. The quantitative estimate of drug-likeness (QED) is 0.615. The van der Waals surface area contributed by atoms with E-state index in [0.717, 1.165) is 10.3 Å². The van der Waals surface area contributed by atoms with Gasteiger partial charge in [-0.3, -0.25) is 9.59 Å². The van der Waals surface area contributed by atoms with E-state index in [1.165, 1.54) is 17.1 Å². The number of rotatable bonds is 7. The van der Waals surface area contributed by atoms with Crippen LogP contribution in [-0.2, 0) is 14.3 Å². The van der Waals surface area contributed by atoms with E-state index in [9.17, 15) is 9.59 Å². The van der Waals surface area contributed by atoms with Crippen molar-refractivity contribution in [3.05, 3.63) is 42.5 Å². The fraction of sp³-hybridized carbons (Fsp3) is 0.368. The molecule has 0 aliphatic rings. The Bertz CT molecular complexity index is 715. The Morgan fingerprint density at radius 3 is 2.50 bits per heavy atom. The van der Waals surface area contributed by atoms with E-state index in [1.807, 2.05) is 57.2 Å². The Hall–Kier alpha value is -2.01. The Morgan fingerprint density at radius 1 is 1.08 bits per heavy atom. The Kier molecular flexibility index (Phi) is 6.67. The molecule has 2 rings (SSSR count). The van der Waals surface area contributed by atoms with Crippen LogP contribution in [0, 0.1) is 5.92 Å². The number of nitrogens with one attached hydrogen (secondary N) is 1. The van der Waals surface area contributed by atoms with E-state index in [-0.39, 0.29) is 30.3 Å². The van der Waals surface area contributed by atoms with Crippen molar-refractivity contribution >= 4 is 34.4 Å². The summed E-state index contributed by atoms with van der Waals surface area (Å²) in [6.45, 7) is 5.75. The molecule has 5 heteroatoms. The van der Waals surface area contributed by atoms with Gasteiger partial charge in [-0.05, 0) is 35.7 Å².